The molecule has 0 bridgehead atoms. The van der Waals surface area contributed by atoms with Crippen molar-refractivity contribution in [1.29, 1.82) is 0 Å². The van der Waals surface area contributed by atoms with Crippen LogP contribution in [0.1, 0.15) is 57.9 Å². The Labute approximate surface area is 164 Å². The highest BCUT2D eigenvalue weighted by molar-refractivity contribution is 7.18. The van der Waals surface area contributed by atoms with E-state index in [4.69, 9.17) is 0 Å². The maximum Gasteiger partial charge on any atom is 0.248 e. The number of hydrogen-bond donors (Lipinski definition) is 2. The molecule has 1 aromatic heterocycles. The van der Waals surface area contributed by atoms with Crippen LogP contribution in [0.3, 0.4) is 0 Å². The van der Waals surface area contributed by atoms with E-state index in [1.807, 2.05) is 31.2 Å². The molecule has 2 N–H and O–H groups in total. The summed E-state index contributed by atoms with van der Waals surface area (Å²) in [7, 11) is 0. The van der Waals surface area contributed by atoms with Gasteiger partial charge in [-0.1, -0.05) is 67.7 Å². The Morgan fingerprint density at radius 2 is 1.93 bits per heavy atom. The van der Waals surface area contributed by atoms with Crippen LogP contribution in [0, 0.1) is 6.92 Å². The van der Waals surface area contributed by atoms with Crippen molar-refractivity contribution in [1.82, 2.24) is 15.5 Å². The molecule has 0 radical (unpaired) electrons. The van der Waals surface area contributed by atoms with Gasteiger partial charge in [0.15, 0.2) is 0 Å². The molecule has 0 aliphatic carbocycles. The van der Waals surface area contributed by atoms with Gasteiger partial charge in [-0.15, -0.1) is 10.2 Å². The number of aryl methyl sites for hydroxylation is 1. The van der Waals surface area contributed by atoms with Crippen molar-refractivity contribution in [3.8, 4) is 10.6 Å². The van der Waals surface area contributed by atoms with Crippen LogP contribution in [0.15, 0.2) is 24.3 Å². The summed E-state index contributed by atoms with van der Waals surface area (Å²) in [6.07, 6.45) is 5.90. The van der Waals surface area contributed by atoms with Gasteiger partial charge in [-0.25, -0.2) is 0 Å². The number of aromatic nitrogens is 2. The fourth-order valence-corrected chi connectivity index (χ4v) is 3.39. The Morgan fingerprint density at radius 3 is 2.67 bits per heavy atom. The second-order valence-electron chi connectivity index (χ2n) is 6.72. The first-order chi connectivity index (χ1) is 13.0. The van der Waals surface area contributed by atoms with Crippen LogP contribution in [-0.4, -0.2) is 28.1 Å². The van der Waals surface area contributed by atoms with E-state index in [9.17, 15) is 9.59 Å². The highest BCUT2D eigenvalue weighted by Gasteiger charge is 2.17. The van der Waals surface area contributed by atoms with E-state index in [0.29, 0.717) is 11.6 Å². The number of anilines is 1. The van der Waals surface area contributed by atoms with Gasteiger partial charge in [0.1, 0.15) is 11.0 Å². The lowest BCUT2D eigenvalue weighted by molar-refractivity contribution is -0.126. The minimum atomic E-state index is -0.612. The number of rotatable bonds is 10. The zero-order valence-corrected chi connectivity index (χ0v) is 17.1. The highest BCUT2D eigenvalue weighted by atomic mass is 32.1. The van der Waals surface area contributed by atoms with Gasteiger partial charge in [0.25, 0.3) is 0 Å². The van der Waals surface area contributed by atoms with Gasteiger partial charge in [0.2, 0.25) is 16.9 Å². The number of carbonyl (C=O) groups is 2. The van der Waals surface area contributed by atoms with E-state index in [0.717, 1.165) is 35.4 Å². The number of hydrogen-bond acceptors (Lipinski definition) is 5. The maximum absolute atomic E-state index is 12.3. The molecule has 0 fully saturated rings. The molecule has 0 saturated carbocycles. The summed E-state index contributed by atoms with van der Waals surface area (Å²) in [4.78, 5) is 24.2. The molecule has 1 heterocycles. The molecule has 1 aromatic carbocycles. The Balaban J connectivity index is 1.80. The third kappa shape index (κ3) is 7.09. The minimum absolute atomic E-state index is 0.0909. The Morgan fingerprint density at radius 1 is 1.15 bits per heavy atom. The summed E-state index contributed by atoms with van der Waals surface area (Å²) in [5, 5.41) is 14.8. The van der Waals surface area contributed by atoms with Crippen LogP contribution in [0.2, 0.25) is 0 Å². The summed E-state index contributed by atoms with van der Waals surface area (Å²) in [6.45, 7) is 5.85. The first-order valence-electron chi connectivity index (χ1n) is 9.50. The van der Waals surface area contributed by atoms with Gasteiger partial charge in [0.05, 0.1) is 0 Å². The Kier molecular flexibility index (Phi) is 8.39. The van der Waals surface area contributed by atoms with E-state index in [1.54, 1.807) is 6.92 Å². The van der Waals surface area contributed by atoms with E-state index < -0.39 is 6.04 Å². The molecule has 1 atom stereocenters. The first kappa shape index (κ1) is 21.0. The molecule has 2 rings (SSSR count). The molecule has 0 saturated heterocycles. The smallest absolute Gasteiger partial charge is 0.248 e. The molecule has 6 nitrogen and oxygen atoms in total. The fourth-order valence-electron chi connectivity index (χ4n) is 2.65. The van der Waals surface area contributed by atoms with Gasteiger partial charge in [-0.3, -0.25) is 14.9 Å². The summed E-state index contributed by atoms with van der Waals surface area (Å²) in [5.41, 5.74) is 2.11. The SMILES string of the molecule is CCCCCCCC(=O)NC(C)C(=O)Nc1nnc(-c2cccc(C)c2)s1. The summed E-state index contributed by atoms with van der Waals surface area (Å²) in [5.74, 6) is -0.381. The summed E-state index contributed by atoms with van der Waals surface area (Å²) < 4.78 is 0. The molecular weight excluding hydrogens is 360 g/mol. The van der Waals surface area contributed by atoms with Crippen molar-refractivity contribution in [2.75, 3.05) is 5.32 Å². The number of nitrogens with one attached hydrogen (secondary N) is 2. The van der Waals surface area contributed by atoms with Crippen molar-refractivity contribution in [2.45, 2.75) is 65.3 Å². The number of carbonyl (C=O) groups excluding carboxylic acids is 2. The predicted octanol–water partition coefficient (Wildman–Crippen LogP) is 4.32. The average Bonchev–Trinajstić information content (AvgIpc) is 3.10. The molecular formula is C20H28N4O2S. The first-order valence-corrected chi connectivity index (χ1v) is 10.3. The van der Waals surface area contributed by atoms with Gasteiger partial charge in [0, 0.05) is 12.0 Å². The monoisotopic (exact) mass is 388 g/mol. The lowest BCUT2D eigenvalue weighted by atomic mass is 10.1. The molecule has 0 aliphatic rings. The fraction of sp³-hybridized carbons (Fsp3) is 0.500. The summed E-state index contributed by atoms with van der Waals surface area (Å²) in [6, 6.07) is 7.35. The third-order valence-electron chi connectivity index (χ3n) is 4.20. The van der Waals surface area contributed by atoms with Crippen LogP contribution in [0.5, 0.6) is 0 Å². The quantitative estimate of drug-likeness (QED) is 0.594. The number of nitrogens with zero attached hydrogens (tertiary/aromatic N) is 2. The van der Waals surface area contributed by atoms with Gasteiger partial charge in [-0.05, 0) is 26.3 Å². The summed E-state index contributed by atoms with van der Waals surface area (Å²) >= 11 is 1.31. The molecule has 146 valence electrons. The lowest BCUT2D eigenvalue weighted by Gasteiger charge is -2.12. The van der Waals surface area contributed by atoms with Crippen LogP contribution in [0.25, 0.3) is 10.6 Å². The number of amides is 2. The Bertz CT molecular complexity index is 760. The zero-order valence-electron chi connectivity index (χ0n) is 16.2. The molecule has 1 unspecified atom stereocenters. The Hall–Kier alpha value is -2.28. The van der Waals surface area contributed by atoms with Crippen molar-refractivity contribution < 1.29 is 9.59 Å². The maximum atomic E-state index is 12.3. The van der Waals surface area contributed by atoms with Crippen LogP contribution < -0.4 is 10.6 Å². The van der Waals surface area contributed by atoms with Gasteiger partial charge < -0.3 is 5.32 Å². The minimum Gasteiger partial charge on any atom is -0.345 e. The molecule has 27 heavy (non-hydrogen) atoms. The van der Waals surface area contributed by atoms with Crippen LogP contribution in [0.4, 0.5) is 5.13 Å². The standard InChI is InChI=1S/C20H28N4O2S/c1-4-5-6-7-8-12-17(25)21-15(3)18(26)22-20-24-23-19(27-20)16-11-9-10-14(2)13-16/h9-11,13,15H,4-8,12H2,1-3H3,(H,21,25)(H,22,24,26). The molecule has 0 aliphatic heterocycles. The van der Waals surface area contributed by atoms with Crippen molar-refractivity contribution in [3.05, 3.63) is 29.8 Å². The van der Waals surface area contributed by atoms with E-state index in [-0.39, 0.29) is 11.8 Å². The zero-order chi connectivity index (χ0) is 19.6. The molecule has 0 spiro atoms. The van der Waals surface area contributed by atoms with Crippen molar-refractivity contribution in [2.24, 2.45) is 0 Å². The number of unbranched alkanes of at least 4 members (excludes halogenated alkanes) is 4. The average molecular weight is 389 g/mol. The second-order valence-corrected chi connectivity index (χ2v) is 7.70. The second kappa shape index (κ2) is 10.8. The van der Waals surface area contributed by atoms with Crippen LogP contribution in [-0.2, 0) is 9.59 Å². The topological polar surface area (TPSA) is 84.0 Å². The molecule has 7 heteroatoms. The van der Waals surface area contributed by atoms with E-state index >= 15 is 0 Å². The van der Waals surface area contributed by atoms with E-state index in [2.05, 4.69) is 27.8 Å². The van der Waals surface area contributed by atoms with Crippen molar-refractivity contribution >= 4 is 28.3 Å². The normalized spacial score (nSPS) is 11.8. The van der Waals surface area contributed by atoms with Crippen LogP contribution >= 0.6 is 11.3 Å². The van der Waals surface area contributed by atoms with Crippen molar-refractivity contribution in [3.63, 3.8) is 0 Å². The molecule has 2 amide bonds. The van der Waals surface area contributed by atoms with Gasteiger partial charge in [-0.2, -0.15) is 0 Å². The predicted molar refractivity (Wildman–Crippen MR) is 110 cm³/mol. The highest BCUT2D eigenvalue weighted by Crippen LogP contribution is 2.26. The van der Waals surface area contributed by atoms with Gasteiger partial charge >= 0.3 is 0 Å². The van der Waals surface area contributed by atoms with E-state index in [1.165, 1.54) is 24.2 Å². The lowest BCUT2D eigenvalue weighted by Crippen LogP contribution is -2.41. The third-order valence-corrected chi connectivity index (χ3v) is 5.09. The number of benzene rings is 1. The molecule has 2 aromatic rings. The largest absolute Gasteiger partial charge is 0.345 e.